The third-order valence-corrected chi connectivity index (χ3v) is 11.4. The van der Waals surface area contributed by atoms with Crippen molar-refractivity contribution in [1.82, 2.24) is 5.06 Å². The number of carbonyl (C=O) groups excluding carboxylic acids is 4. The number of amides is 2. The van der Waals surface area contributed by atoms with Crippen LogP contribution in [0.4, 0.5) is 4.79 Å². The van der Waals surface area contributed by atoms with Gasteiger partial charge in [0.15, 0.2) is 0 Å². The van der Waals surface area contributed by atoms with Crippen LogP contribution in [0.1, 0.15) is 164 Å². The average molecular weight is 814 g/mol. The maximum Gasteiger partial charge on any atom is 0.534 e. The Kier molecular flexibility index (Phi) is 15.8. The van der Waals surface area contributed by atoms with Crippen LogP contribution in [0.25, 0.3) is 0 Å². The Morgan fingerprint density at radius 3 is 1.72 bits per heavy atom. The van der Waals surface area contributed by atoms with E-state index in [0.717, 1.165) is 103 Å². The van der Waals surface area contributed by atoms with E-state index < -0.39 is 41.9 Å². The highest BCUT2D eigenvalue weighted by Gasteiger charge is 2.45. The van der Waals surface area contributed by atoms with Gasteiger partial charge in [0.05, 0.1) is 12.3 Å². The molecule has 4 saturated carbocycles. The number of unbranched alkanes of at least 4 members (excludes halogenated alkanes) is 2. The first-order chi connectivity index (χ1) is 31.6. The second-order valence-electron chi connectivity index (χ2n) is 15.7. The zero-order chi connectivity index (χ0) is 52.5. The van der Waals surface area contributed by atoms with E-state index in [1.165, 1.54) is 0 Å². The van der Waals surface area contributed by atoms with E-state index >= 15 is 0 Å². The summed E-state index contributed by atoms with van der Waals surface area (Å²) in [5, 5.41) is 18.7. The van der Waals surface area contributed by atoms with Crippen molar-refractivity contribution in [3.63, 3.8) is 0 Å². The molecule has 14 heteroatoms. The SMILES string of the molecule is C.C=CCCC[C@@H]1C[C@H]1OC(=O)C[C@H](C(=O)O)C1(C)CCCC1.C=CCCC[C@@H]1C[C@H]1OC(=O)ON1C(=O)CCC1=O.CC1([C@H](N)C(=O)O)CCCC1.Cl.[2H][2H].[2H][2H].[2H][2H].[2H][2H].[2H][2H].[2H][2H].[2H][2H]. The number of allylic oxidation sites excluding steroid dienone is 2. The summed E-state index contributed by atoms with van der Waals surface area (Å²) in [6.07, 6.45) is 18.7. The second-order valence-corrected chi connectivity index (χ2v) is 15.7. The van der Waals surface area contributed by atoms with Crippen molar-refractivity contribution in [2.45, 2.75) is 162 Å². The normalized spacial score (nSPS) is 26.1. The molecular formula is C40H79ClN2O11. The lowest BCUT2D eigenvalue weighted by atomic mass is 9.74. The molecule has 322 valence electrons. The molecule has 0 radical (unpaired) electrons. The molecule has 0 aromatic heterocycles. The Bertz CT molecular complexity index is 1330. The molecule has 4 N–H and O–H groups in total. The van der Waals surface area contributed by atoms with Crippen molar-refractivity contribution < 1.29 is 74.1 Å². The maximum atomic E-state index is 12.1. The fourth-order valence-corrected chi connectivity index (χ4v) is 7.60. The van der Waals surface area contributed by atoms with Crippen molar-refractivity contribution in [3.8, 4) is 0 Å². The minimum absolute atomic E-state index is 0. The summed E-state index contributed by atoms with van der Waals surface area (Å²) in [7, 11) is 0. The fourth-order valence-electron chi connectivity index (χ4n) is 7.60. The number of carboxylic acid groups (broad SMARTS) is 2. The summed E-state index contributed by atoms with van der Waals surface area (Å²) in [5.41, 5.74) is 5.16. The van der Waals surface area contributed by atoms with Crippen molar-refractivity contribution >= 4 is 48.3 Å². The van der Waals surface area contributed by atoms with Crippen LogP contribution in [-0.2, 0) is 38.3 Å². The molecule has 54 heavy (non-hydrogen) atoms. The number of halogens is 1. The van der Waals surface area contributed by atoms with E-state index in [0.29, 0.717) is 16.9 Å². The van der Waals surface area contributed by atoms with Gasteiger partial charge in [-0.15, -0.1) is 25.6 Å². The molecule has 5 rings (SSSR count). The number of nitrogens with two attached hydrogens (primary N) is 1. The topological polar surface area (TPSA) is 200 Å². The number of carboxylic acids is 2. The van der Waals surface area contributed by atoms with Crippen LogP contribution in [0.3, 0.4) is 0 Å². The molecule has 5 fully saturated rings. The van der Waals surface area contributed by atoms with E-state index in [9.17, 15) is 33.9 Å². The molecule has 1 heterocycles. The highest BCUT2D eigenvalue weighted by molar-refractivity contribution is 6.01. The molecular weight excluding hydrogens is 720 g/mol. The van der Waals surface area contributed by atoms with Gasteiger partial charge in [0.1, 0.15) is 18.2 Å². The Labute approximate surface area is 348 Å². The predicted molar refractivity (Wildman–Crippen MR) is 220 cm³/mol. The van der Waals surface area contributed by atoms with Gasteiger partial charge in [-0.3, -0.25) is 28.8 Å². The van der Waals surface area contributed by atoms with Crippen LogP contribution in [0.2, 0.25) is 0 Å². The van der Waals surface area contributed by atoms with Crippen molar-refractivity contribution in [3.05, 3.63) is 25.3 Å². The van der Waals surface area contributed by atoms with Crippen molar-refractivity contribution in [1.29, 1.82) is 0 Å². The molecule has 0 bridgehead atoms. The van der Waals surface area contributed by atoms with Crippen molar-refractivity contribution in [2.75, 3.05) is 0 Å². The lowest BCUT2D eigenvalue weighted by Crippen LogP contribution is -2.44. The summed E-state index contributed by atoms with van der Waals surface area (Å²) < 4.78 is 80.5. The largest absolute Gasteiger partial charge is 0.534 e. The quantitative estimate of drug-likeness (QED) is 0.0544. The molecule has 13 nitrogen and oxygen atoms in total. The van der Waals surface area contributed by atoms with Gasteiger partial charge in [-0.2, -0.15) is 0 Å². The molecule has 6 atom stereocenters. The maximum absolute atomic E-state index is 12.1. The summed E-state index contributed by atoms with van der Waals surface area (Å²) in [5.74, 6) is -2.85. The van der Waals surface area contributed by atoms with E-state index in [1.54, 1.807) is 0 Å². The second kappa shape index (κ2) is 22.8. The number of esters is 1. The van der Waals surface area contributed by atoms with Gasteiger partial charge in [-0.25, -0.2) is 4.79 Å². The Morgan fingerprint density at radius 2 is 1.30 bits per heavy atom. The van der Waals surface area contributed by atoms with Gasteiger partial charge in [-0.1, -0.05) is 64.2 Å². The minimum atomic E-state index is -0.972. The summed E-state index contributed by atoms with van der Waals surface area (Å²) in [6, 6.07) is -0.676. The minimum Gasteiger partial charge on any atom is -0.481 e. The van der Waals surface area contributed by atoms with E-state index in [2.05, 4.69) is 18.0 Å². The Balaban J connectivity index is -0.000000147. The van der Waals surface area contributed by atoms with Gasteiger partial charge in [0, 0.05) is 33.6 Å². The molecule has 4 aliphatic carbocycles. The smallest absolute Gasteiger partial charge is 0.481 e. The summed E-state index contributed by atoms with van der Waals surface area (Å²) in [4.78, 5) is 72.7. The van der Waals surface area contributed by atoms with Crippen LogP contribution in [-0.4, -0.2) is 69.4 Å². The van der Waals surface area contributed by atoms with Crippen LogP contribution >= 0.6 is 12.4 Å². The standard InChI is InChI=1S/C18H28O4.C13H17NO5.C8H15NO2.CH4.ClH.7H2/c1-3-4-5-8-13-11-15(13)22-16(19)12-14(17(20)21)18(2)9-6-7-10-18;1-2-3-4-5-9-8-10(9)18-13(17)19-14-11(15)6-7-12(14)16;1-8(4-2-3-5-8)6(9)7(10)11;;;;;;;;;/h3,13-15H,1,4-12H2,2H3,(H,20,21);2,9-10H,1,3-8H2;6H,2-5,9H2,1H3,(H,10,11);1H4;8*1H/t13-,14-,15-;9-,10-;6-;;;;;;;;;/m111........./s1/i;;;;;7*1+1D. The third kappa shape index (κ3) is 15.0. The number of aliphatic carboxylic acids is 2. The highest BCUT2D eigenvalue weighted by atomic mass is 35.5. The molecule has 5 aliphatic rings. The van der Waals surface area contributed by atoms with Gasteiger partial charge < -0.3 is 25.4 Å². The van der Waals surface area contributed by atoms with E-state index in [4.69, 9.17) is 41.1 Å². The number of hydrogen-bond acceptors (Lipinski definition) is 10. The third-order valence-electron chi connectivity index (χ3n) is 11.4. The Morgan fingerprint density at radius 1 is 0.852 bits per heavy atom. The van der Waals surface area contributed by atoms with Crippen LogP contribution in [0, 0.1) is 28.6 Å². The number of hydroxylamine groups is 2. The first-order valence-corrected chi connectivity index (χ1v) is 19.0. The number of rotatable bonds is 17. The van der Waals surface area contributed by atoms with Crippen LogP contribution < -0.4 is 5.73 Å². The highest BCUT2D eigenvalue weighted by Crippen LogP contribution is 2.46. The van der Waals surface area contributed by atoms with Gasteiger partial charge in [0.25, 0.3) is 11.8 Å². The fraction of sp³-hybridized carbons (Fsp3) is 0.750. The summed E-state index contributed by atoms with van der Waals surface area (Å²) in [6.45, 7) is 11.3. The monoisotopic (exact) mass is 813 g/mol. The van der Waals surface area contributed by atoms with E-state index in [-0.39, 0.29) is 68.1 Å². The van der Waals surface area contributed by atoms with Crippen molar-refractivity contribution in [2.24, 2.45) is 34.3 Å². The first-order valence-electron chi connectivity index (χ1n) is 26.0. The molecule has 0 aromatic carbocycles. The lowest BCUT2D eigenvalue weighted by molar-refractivity contribution is -0.177. The van der Waals surface area contributed by atoms with E-state index in [1.807, 2.05) is 26.0 Å². The molecule has 1 aliphatic heterocycles. The zero-order valence-corrected chi connectivity index (χ0v) is 32.3. The average Bonchev–Trinajstić information content (AvgIpc) is 4.08. The number of nitrogens with zero attached hydrogens (tertiary/aromatic N) is 1. The Hall–Kier alpha value is -3.45. The zero-order valence-electron chi connectivity index (χ0n) is 45.5. The number of carbonyl (C=O) groups is 6. The van der Waals surface area contributed by atoms with Gasteiger partial charge >= 0.3 is 24.1 Å². The molecule has 0 spiro atoms. The van der Waals surface area contributed by atoms with Crippen LogP contribution in [0.5, 0.6) is 0 Å². The molecule has 0 unspecified atom stereocenters. The van der Waals surface area contributed by atoms with Gasteiger partial charge in [-0.05, 0) is 99.7 Å². The predicted octanol–water partition coefficient (Wildman–Crippen LogP) is 9.65. The first kappa shape index (κ1) is 37.5. The number of imide groups is 1. The lowest BCUT2D eigenvalue weighted by Gasteiger charge is -2.30. The number of ether oxygens (including phenoxy) is 2. The molecule has 2 amide bonds. The summed E-state index contributed by atoms with van der Waals surface area (Å²) >= 11 is 0. The number of hydrogen-bond donors (Lipinski definition) is 3. The molecule has 0 aromatic rings. The molecule has 1 saturated heterocycles. The van der Waals surface area contributed by atoms with Gasteiger partial charge in [0.2, 0.25) is 0 Å². The van der Waals surface area contributed by atoms with Crippen LogP contribution in [0.15, 0.2) is 25.3 Å².